The van der Waals surface area contributed by atoms with Gasteiger partial charge in [0.25, 0.3) is 6.47 Å². The first-order chi connectivity index (χ1) is 5.74. The maximum atomic E-state index is 9.95. The number of aryl methyl sites for hydroxylation is 2. The van der Waals surface area contributed by atoms with E-state index in [4.69, 9.17) is 0 Å². The van der Waals surface area contributed by atoms with Crippen molar-refractivity contribution < 1.29 is 9.53 Å². The molecule has 12 heavy (non-hydrogen) atoms. The molecule has 1 rings (SSSR count). The Kier molecular flexibility index (Phi) is 2.86. The van der Waals surface area contributed by atoms with E-state index in [-0.39, 0.29) is 0 Å². The Morgan fingerprint density at radius 3 is 2.83 bits per heavy atom. The first-order valence-electron chi connectivity index (χ1n) is 3.85. The van der Waals surface area contributed by atoms with Crippen molar-refractivity contribution in [2.45, 2.75) is 20.5 Å². The first kappa shape index (κ1) is 8.78. The van der Waals surface area contributed by atoms with E-state index in [9.17, 15) is 4.79 Å². The van der Waals surface area contributed by atoms with Gasteiger partial charge in [0.2, 0.25) is 0 Å². The Labute approximate surface area is 72.2 Å². The van der Waals surface area contributed by atoms with Crippen molar-refractivity contribution in [1.29, 1.82) is 0 Å². The molecule has 0 atom stereocenters. The average Bonchev–Trinajstić information content (AvgIpc) is 2.07. The number of hydrogen-bond acceptors (Lipinski definition) is 2. The molecule has 0 aromatic heterocycles. The first-order valence-corrected chi connectivity index (χ1v) is 3.85. The highest BCUT2D eigenvalue weighted by molar-refractivity contribution is 5.38. The molecular weight excluding hydrogens is 152 g/mol. The molecule has 0 aliphatic rings. The molecule has 0 aliphatic heterocycles. The predicted octanol–water partition coefficient (Wildman–Crippen LogP) is 1.98. The zero-order valence-corrected chi connectivity index (χ0v) is 7.33. The van der Waals surface area contributed by atoms with Gasteiger partial charge in [-0.15, -0.1) is 0 Å². The fraction of sp³-hybridized carbons (Fsp3) is 0.300. The van der Waals surface area contributed by atoms with E-state index in [1.165, 1.54) is 5.56 Å². The standard InChI is InChI=1S/C10H12O2/c1-8-3-4-9(2)10(5-8)6-12-7-11/h3-5,7H,6H2,1-2H3. The minimum atomic E-state index is 0.372. The minimum absolute atomic E-state index is 0.372. The maximum absolute atomic E-state index is 9.95. The second kappa shape index (κ2) is 3.90. The molecule has 0 amide bonds. The third kappa shape index (κ3) is 2.09. The number of carbonyl (C=O) groups excluding carboxylic acids is 1. The number of carbonyl (C=O) groups is 1. The molecule has 0 unspecified atom stereocenters. The van der Waals surface area contributed by atoms with Gasteiger partial charge < -0.3 is 4.74 Å². The summed E-state index contributed by atoms with van der Waals surface area (Å²) in [7, 11) is 0. The van der Waals surface area contributed by atoms with E-state index in [2.05, 4.69) is 4.74 Å². The van der Waals surface area contributed by atoms with Crippen LogP contribution in [0.4, 0.5) is 0 Å². The fourth-order valence-corrected chi connectivity index (χ4v) is 1.08. The summed E-state index contributed by atoms with van der Waals surface area (Å²) >= 11 is 0. The molecule has 1 aromatic carbocycles. The molecule has 0 N–H and O–H groups in total. The molecule has 0 heterocycles. The van der Waals surface area contributed by atoms with Crippen LogP contribution >= 0.6 is 0 Å². The molecule has 1 aromatic rings. The summed E-state index contributed by atoms with van der Waals surface area (Å²) in [5.41, 5.74) is 3.41. The van der Waals surface area contributed by atoms with E-state index in [1.807, 2.05) is 32.0 Å². The monoisotopic (exact) mass is 164 g/mol. The lowest BCUT2D eigenvalue weighted by atomic mass is 10.1. The fourth-order valence-electron chi connectivity index (χ4n) is 1.08. The number of benzene rings is 1. The van der Waals surface area contributed by atoms with E-state index >= 15 is 0 Å². The molecule has 2 nitrogen and oxygen atoms in total. The number of hydrogen-bond donors (Lipinski definition) is 0. The van der Waals surface area contributed by atoms with E-state index in [0.29, 0.717) is 13.1 Å². The Balaban J connectivity index is 2.82. The molecule has 2 heteroatoms. The Hall–Kier alpha value is -1.31. The Bertz CT molecular complexity index is 279. The van der Waals surface area contributed by atoms with Crippen molar-refractivity contribution in [2.75, 3.05) is 0 Å². The summed E-state index contributed by atoms with van der Waals surface area (Å²) in [4.78, 5) is 9.95. The van der Waals surface area contributed by atoms with E-state index in [0.717, 1.165) is 11.1 Å². The molecule has 0 fully saturated rings. The van der Waals surface area contributed by atoms with Gasteiger partial charge in [-0.25, -0.2) is 0 Å². The lowest BCUT2D eigenvalue weighted by Crippen LogP contribution is -1.93. The molecule has 0 spiro atoms. The summed E-state index contributed by atoms with van der Waals surface area (Å²) in [5.74, 6) is 0. The van der Waals surface area contributed by atoms with Gasteiger partial charge in [-0.3, -0.25) is 4.79 Å². The van der Waals surface area contributed by atoms with Crippen LogP contribution in [-0.4, -0.2) is 6.47 Å². The Morgan fingerprint density at radius 1 is 1.42 bits per heavy atom. The Morgan fingerprint density at radius 2 is 2.17 bits per heavy atom. The van der Waals surface area contributed by atoms with Gasteiger partial charge in [-0.05, 0) is 25.0 Å². The quantitative estimate of drug-likeness (QED) is 0.638. The van der Waals surface area contributed by atoms with Gasteiger partial charge in [-0.1, -0.05) is 23.8 Å². The summed E-state index contributed by atoms with van der Waals surface area (Å²) in [6.45, 7) is 4.87. The van der Waals surface area contributed by atoms with Crippen molar-refractivity contribution in [3.05, 3.63) is 34.9 Å². The molecule has 0 saturated carbocycles. The predicted molar refractivity (Wildman–Crippen MR) is 46.8 cm³/mol. The topological polar surface area (TPSA) is 26.3 Å². The molecule has 64 valence electrons. The molecule has 0 saturated heterocycles. The second-order valence-electron chi connectivity index (χ2n) is 2.84. The highest BCUT2D eigenvalue weighted by atomic mass is 16.5. The minimum Gasteiger partial charge on any atom is -0.463 e. The van der Waals surface area contributed by atoms with Crippen LogP contribution in [0.15, 0.2) is 18.2 Å². The van der Waals surface area contributed by atoms with Crippen LogP contribution in [0.5, 0.6) is 0 Å². The van der Waals surface area contributed by atoms with Gasteiger partial charge >= 0.3 is 0 Å². The second-order valence-corrected chi connectivity index (χ2v) is 2.84. The third-order valence-electron chi connectivity index (χ3n) is 1.81. The highest BCUT2D eigenvalue weighted by Gasteiger charge is 1.97. The van der Waals surface area contributed by atoms with Crippen LogP contribution in [0.2, 0.25) is 0 Å². The van der Waals surface area contributed by atoms with Gasteiger partial charge in [0, 0.05) is 0 Å². The third-order valence-corrected chi connectivity index (χ3v) is 1.81. The molecule has 0 aliphatic carbocycles. The van der Waals surface area contributed by atoms with Crippen molar-refractivity contribution in [2.24, 2.45) is 0 Å². The van der Waals surface area contributed by atoms with Gasteiger partial charge in [0.1, 0.15) is 6.61 Å². The molecule has 0 radical (unpaired) electrons. The van der Waals surface area contributed by atoms with Gasteiger partial charge in [-0.2, -0.15) is 0 Å². The van der Waals surface area contributed by atoms with Crippen molar-refractivity contribution >= 4 is 6.47 Å². The van der Waals surface area contributed by atoms with Crippen molar-refractivity contribution in [3.63, 3.8) is 0 Å². The summed E-state index contributed by atoms with van der Waals surface area (Å²) < 4.78 is 4.67. The lowest BCUT2D eigenvalue weighted by Gasteiger charge is -2.04. The van der Waals surface area contributed by atoms with Crippen LogP contribution in [0, 0.1) is 13.8 Å². The van der Waals surface area contributed by atoms with Gasteiger partial charge in [0.05, 0.1) is 0 Å². The number of rotatable bonds is 3. The van der Waals surface area contributed by atoms with Crippen LogP contribution in [-0.2, 0) is 16.1 Å². The van der Waals surface area contributed by atoms with Crippen LogP contribution < -0.4 is 0 Å². The zero-order valence-electron chi connectivity index (χ0n) is 7.33. The molecular formula is C10H12O2. The SMILES string of the molecule is Cc1ccc(C)c(COC=O)c1. The maximum Gasteiger partial charge on any atom is 0.293 e. The number of ether oxygens (including phenoxy) is 1. The van der Waals surface area contributed by atoms with Crippen LogP contribution in [0.3, 0.4) is 0 Å². The van der Waals surface area contributed by atoms with E-state index in [1.54, 1.807) is 0 Å². The van der Waals surface area contributed by atoms with Gasteiger partial charge in [0.15, 0.2) is 0 Å². The molecule has 0 bridgehead atoms. The summed E-state index contributed by atoms with van der Waals surface area (Å²) in [6.07, 6.45) is 0. The van der Waals surface area contributed by atoms with E-state index < -0.39 is 0 Å². The van der Waals surface area contributed by atoms with Crippen molar-refractivity contribution in [3.8, 4) is 0 Å². The largest absolute Gasteiger partial charge is 0.463 e. The summed E-state index contributed by atoms with van der Waals surface area (Å²) in [6, 6.07) is 6.09. The lowest BCUT2D eigenvalue weighted by molar-refractivity contribution is -0.129. The van der Waals surface area contributed by atoms with Crippen LogP contribution in [0.1, 0.15) is 16.7 Å². The smallest absolute Gasteiger partial charge is 0.293 e. The average molecular weight is 164 g/mol. The highest BCUT2D eigenvalue weighted by Crippen LogP contribution is 2.10. The van der Waals surface area contributed by atoms with Crippen LogP contribution in [0.25, 0.3) is 0 Å². The zero-order chi connectivity index (χ0) is 8.97. The summed E-state index contributed by atoms with van der Waals surface area (Å²) in [5, 5.41) is 0. The van der Waals surface area contributed by atoms with Crippen molar-refractivity contribution in [1.82, 2.24) is 0 Å². The normalized spacial score (nSPS) is 9.50.